The lowest BCUT2D eigenvalue weighted by molar-refractivity contribution is -0.126. The Hall–Kier alpha value is -0.610. The van der Waals surface area contributed by atoms with E-state index in [9.17, 15) is 4.79 Å². The zero-order valence-corrected chi connectivity index (χ0v) is 10.4. The van der Waals surface area contributed by atoms with Crippen molar-refractivity contribution in [2.75, 3.05) is 26.9 Å². The highest BCUT2D eigenvalue weighted by Crippen LogP contribution is 2.65. The van der Waals surface area contributed by atoms with E-state index in [0.717, 1.165) is 23.7 Å². The second kappa shape index (κ2) is 4.58. The minimum absolute atomic E-state index is 0.0416. The Bertz CT molecular complexity index is 291. The highest BCUT2D eigenvalue weighted by molar-refractivity contribution is 5.78. The van der Waals surface area contributed by atoms with E-state index in [-0.39, 0.29) is 12.5 Å². The quantitative estimate of drug-likeness (QED) is 0.698. The van der Waals surface area contributed by atoms with E-state index in [1.807, 2.05) is 0 Å². The molecule has 0 aliphatic heterocycles. The zero-order valence-electron chi connectivity index (χ0n) is 10.4. The van der Waals surface area contributed by atoms with Crippen molar-refractivity contribution in [3.8, 4) is 0 Å². The minimum atomic E-state index is 0.0416. The molecule has 4 unspecified atom stereocenters. The molecule has 0 heterocycles. The van der Waals surface area contributed by atoms with Crippen LogP contribution in [0.2, 0.25) is 0 Å². The average molecular weight is 239 g/mol. The summed E-state index contributed by atoms with van der Waals surface area (Å²) >= 11 is 0. The second-order valence-electron chi connectivity index (χ2n) is 5.63. The number of methoxy groups -OCH3 is 1. The Morgan fingerprint density at radius 2 is 1.94 bits per heavy atom. The fourth-order valence-electron chi connectivity index (χ4n) is 4.05. The maximum absolute atomic E-state index is 11.6. The molecule has 3 saturated carbocycles. The number of carbonyl (C=O) groups excluding carboxylic acids is 1. The number of ether oxygens (including phenoxy) is 2. The van der Waals surface area contributed by atoms with Gasteiger partial charge in [0.25, 0.3) is 0 Å². The van der Waals surface area contributed by atoms with Crippen molar-refractivity contribution >= 4 is 5.91 Å². The summed E-state index contributed by atoms with van der Waals surface area (Å²) in [7, 11) is 1.63. The van der Waals surface area contributed by atoms with Crippen LogP contribution in [0.4, 0.5) is 0 Å². The van der Waals surface area contributed by atoms with Crippen LogP contribution in [0.15, 0.2) is 0 Å². The van der Waals surface area contributed by atoms with Gasteiger partial charge in [0.15, 0.2) is 0 Å². The lowest BCUT2D eigenvalue weighted by Crippen LogP contribution is -2.33. The molecule has 96 valence electrons. The molecule has 0 aromatic heterocycles. The van der Waals surface area contributed by atoms with Gasteiger partial charge in [-0.25, -0.2) is 0 Å². The van der Waals surface area contributed by atoms with Crippen molar-refractivity contribution in [1.29, 1.82) is 0 Å². The molecule has 0 aromatic rings. The third kappa shape index (κ3) is 2.08. The van der Waals surface area contributed by atoms with Crippen LogP contribution in [-0.4, -0.2) is 38.9 Å². The van der Waals surface area contributed by atoms with E-state index < -0.39 is 0 Å². The summed E-state index contributed by atoms with van der Waals surface area (Å²) < 4.78 is 10.1. The smallest absolute Gasteiger partial charge is 0.246 e. The fourth-order valence-corrected chi connectivity index (χ4v) is 4.05. The molecule has 1 amide bonds. The second-order valence-corrected chi connectivity index (χ2v) is 5.63. The highest BCUT2D eigenvalue weighted by Gasteiger charge is 2.65. The van der Waals surface area contributed by atoms with Gasteiger partial charge >= 0.3 is 0 Å². The molecule has 0 saturated heterocycles. The Labute approximate surface area is 102 Å². The molecule has 1 N–H and O–H groups in total. The molecule has 3 rings (SSSR count). The molecular weight excluding hydrogens is 218 g/mol. The van der Waals surface area contributed by atoms with Crippen molar-refractivity contribution in [2.24, 2.45) is 23.7 Å². The third-order valence-electron chi connectivity index (χ3n) is 4.73. The first-order valence-electron chi connectivity index (χ1n) is 6.67. The Morgan fingerprint density at radius 1 is 1.24 bits per heavy atom. The van der Waals surface area contributed by atoms with Gasteiger partial charge in [-0.3, -0.25) is 4.79 Å². The molecule has 2 bridgehead atoms. The summed E-state index contributed by atoms with van der Waals surface area (Å²) in [5, 5.41) is 3.13. The number of hydrogen-bond donors (Lipinski definition) is 1. The molecular formula is C13H21NO3. The lowest BCUT2D eigenvalue weighted by atomic mass is 10.0. The first kappa shape index (κ1) is 11.5. The molecule has 3 aliphatic carbocycles. The Morgan fingerprint density at radius 3 is 2.59 bits per heavy atom. The van der Waals surface area contributed by atoms with Crippen LogP contribution in [-0.2, 0) is 14.3 Å². The lowest BCUT2D eigenvalue weighted by Gasteiger charge is -2.10. The predicted octanol–water partition coefficient (Wildman–Crippen LogP) is 0.810. The van der Waals surface area contributed by atoms with Gasteiger partial charge in [-0.15, -0.1) is 0 Å². The third-order valence-corrected chi connectivity index (χ3v) is 4.73. The van der Waals surface area contributed by atoms with Crippen molar-refractivity contribution in [3.63, 3.8) is 0 Å². The molecule has 4 heteroatoms. The SMILES string of the molecule is COCCOCC(=O)NC1C2C3CCC(C3)C12. The molecule has 0 radical (unpaired) electrons. The summed E-state index contributed by atoms with van der Waals surface area (Å²) in [4.78, 5) is 11.6. The first-order chi connectivity index (χ1) is 8.31. The van der Waals surface area contributed by atoms with Crippen molar-refractivity contribution < 1.29 is 14.3 Å². The van der Waals surface area contributed by atoms with E-state index in [0.29, 0.717) is 19.3 Å². The van der Waals surface area contributed by atoms with Gasteiger partial charge in [0.2, 0.25) is 5.91 Å². The van der Waals surface area contributed by atoms with Crippen LogP contribution < -0.4 is 5.32 Å². The van der Waals surface area contributed by atoms with E-state index in [2.05, 4.69) is 5.32 Å². The number of nitrogens with one attached hydrogen (secondary N) is 1. The Balaban J connectivity index is 1.37. The van der Waals surface area contributed by atoms with Crippen LogP contribution in [0.25, 0.3) is 0 Å². The monoisotopic (exact) mass is 239 g/mol. The minimum Gasteiger partial charge on any atom is -0.382 e. The molecule has 0 spiro atoms. The van der Waals surface area contributed by atoms with Crippen LogP contribution in [0.3, 0.4) is 0 Å². The standard InChI is InChI=1S/C13H21NO3/c1-16-4-5-17-7-10(15)14-13-11-8-2-3-9(6-8)12(11)13/h8-9,11-13H,2-7H2,1H3,(H,14,15). The molecule has 4 nitrogen and oxygen atoms in total. The van der Waals surface area contributed by atoms with Crippen LogP contribution in [0.5, 0.6) is 0 Å². The average Bonchev–Trinajstić information content (AvgIpc) is 2.74. The van der Waals surface area contributed by atoms with Gasteiger partial charge in [-0.05, 0) is 42.9 Å². The largest absolute Gasteiger partial charge is 0.382 e. The molecule has 17 heavy (non-hydrogen) atoms. The van der Waals surface area contributed by atoms with Gasteiger partial charge in [0.05, 0.1) is 13.2 Å². The molecule has 3 aliphatic rings. The number of rotatable bonds is 6. The fraction of sp³-hybridized carbons (Fsp3) is 0.923. The van der Waals surface area contributed by atoms with Gasteiger partial charge < -0.3 is 14.8 Å². The van der Waals surface area contributed by atoms with Crippen molar-refractivity contribution in [3.05, 3.63) is 0 Å². The number of hydrogen-bond acceptors (Lipinski definition) is 3. The van der Waals surface area contributed by atoms with Gasteiger partial charge in [-0.1, -0.05) is 0 Å². The van der Waals surface area contributed by atoms with Crippen LogP contribution >= 0.6 is 0 Å². The first-order valence-corrected chi connectivity index (χ1v) is 6.67. The van der Waals surface area contributed by atoms with E-state index in [4.69, 9.17) is 9.47 Å². The molecule has 0 aromatic carbocycles. The van der Waals surface area contributed by atoms with Crippen molar-refractivity contribution in [1.82, 2.24) is 5.32 Å². The summed E-state index contributed by atoms with van der Waals surface area (Å²) in [6.45, 7) is 1.22. The van der Waals surface area contributed by atoms with Gasteiger partial charge in [-0.2, -0.15) is 0 Å². The number of carbonyl (C=O) groups is 1. The summed E-state index contributed by atoms with van der Waals surface area (Å²) in [5.74, 6) is 3.46. The number of amides is 1. The predicted molar refractivity (Wildman–Crippen MR) is 62.4 cm³/mol. The van der Waals surface area contributed by atoms with Crippen LogP contribution in [0, 0.1) is 23.7 Å². The summed E-state index contributed by atoms with van der Waals surface area (Å²) in [6, 6.07) is 0.472. The van der Waals surface area contributed by atoms with Crippen molar-refractivity contribution in [2.45, 2.75) is 25.3 Å². The van der Waals surface area contributed by atoms with Crippen LogP contribution in [0.1, 0.15) is 19.3 Å². The summed E-state index contributed by atoms with van der Waals surface area (Å²) in [6.07, 6.45) is 4.21. The molecule has 3 fully saturated rings. The normalized spacial score (nSPS) is 41.4. The van der Waals surface area contributed by atoms with Gasteiger partial charge in [0.1, 0.15) is 6.61 Å². The Kier molecular flexibility index (Phi) is 3.09. The summed E-state index contributed by atoms with van der Waals surface area (Å²) in [5.41, 5.74) is 0. The topological polar surface area (TPSA) is 47.6 Å². The maximum atomic E-state index is 11.6. The van der Waals surface area contributed by atoms with E-state index >= 15 is 0 Å². The molecule has 4 atom stereocenters. The zero-order chi connectivity index (χ0) is 11.8. The maximum Gasteiger partial charge on any atom is 0.246 e. The van der Waals surface area contributed by atoms with E-state index in [1.165, 1.54) is 19.3 Å². The number of fused-ring (bicyclic) bond motifs is 5. The highest BCUT2D eigenvalue weighted by atomic mass is 16.5. The van der Waals surface area contributed by atoms with E-state index in [1.54, 1.807) is 7.11 Å². The van der Waals surface area contributed by atoms with Gasteiger partial charge in [0, 0.05) is 13.2 Å².